The fourth-order valence-corrected chi connectivity index (χ4v) is 6.41. The van der Waals surface area contributed by atoms with Gasteiger partial charge in [0.25, 0.3) is 0 Å². The van der Waals surface area contributed by atoms with E-state index in [4.69, 9.17) is 14.4 Å². The first-order valence-corrected chi connectivity index (χ1v) is 14.8. The number of hydrogen-bond acceptors (Lipinski definition) is 3. The number of para-hydroxylation sites is 4. The summed E-state index contributed by atoms with van der Waals surface area (Å²) < 4.78 is 8.87. The molecule has 3 aromatic heterocycles. The zero-order valence-electron chi connectivity index (χ0n) is 23.7. The molecular formula is C40H25N3O. The Kier molecular flexibility index (Phi) is 5.47. The lowest BCUT2D eigenvalue weighted by molar-refractivity contribution is 0.658. The minimum absolute atomic E-state index is 0.722. The van der Waals surface area contributed by atoms with Crippen LogP contribution in [0.15, 0.2) is 156 Å². The molecule has 0 bridgehead atoms. The molecule has 0 spiro atoms. The van der Waals surface area contributed by atoms with E-state index in [2.05, 4.69) is 114 Å². The Morgan fingerprint density at radius 3 is 1.95 bits per heavy atom. The molecule has 3 heterocycles. The van der Waals surface area contributed by atoms with Crippen LogP contribution >= 0.6 is 0 Å². The van der Waals surface area contributed by atoms with Crippen molar-refractivity contribution in [2.24, 2.45) is 0 Å². The van der Waals surface area contributed by atoms with Crippen LogP contribution in [0.3, 0.4) is 0 Å². The highest BCUT2D eigenvalue weighted by Crippen LogP contribution is 2.43. The molecule has 9 rings (SSSR count). The Balaban J connectivity index is 1.26. The van der Waals surface area contributed by atoms with Gasteiger partial charge in [0.15, 0.2) is 11.4 Å². The molecule has 0 saturated heterocycles. The third-order valence-electron chi connectivity index (χ3n) is 8.43. The number of benzene rings is 6. The summed E-state index contributed by atoms with van der Waals surface area (Å²) in [6.45, 7) is 0. The molecule has 0 aliphatic heterocycles. The van der Waals surface area contributed by atoms with Gasteiger partial charge in [0.1, 0.15) is 0 Å². The highest BCUT2D eigenvalue weighted by atomic mass is 16.3. The topological polar surface area (TPSA) is 43.3 Å². The minimum atomic E-state index is 0.722. The van der Waals surface area contributed by atoms with Crippen LogP contribution in [-0.2, 0) is 0 Å². The molecule has 0 fully saturated rings. The van der Waals surface area contributed by atoms with Crippen molar-refractivity contribution in [2.75, 3.05) is 0 Å². The SMILES string of the molecule is c1ccc(-c2nc(-c3ccc(-c4c5cccc(-c6ccccc6)c5n5c4oc4ccccc45)cc3)c3ccccc3n2)cc1. The van der Waals surface area contributed by atoms with Gasteiger partial charge in [0.05, 0.1) is 27.8 Å². The van der Waals surface area contributed by atoms with Gasteiger partial charge < -0.3 is 4.42 Å². The quantitative estimate of drug-likeness (QED) is 0.214. The van der Waals surface area contributed by atoms with Gasteiger partial charge in [-0.15, -0.1) is 0 Å². The van der Waals surface area contributed by atoms with Gasteiger partial charge in [-0.05, 0) is 29.3 Å². The third kappa shape index (κ3) is 3.78. The highest BCUT2D eigenvalue weighted by Gasteiger charge is 2.22. The number of hydrogen-bond donors (Lipinski definition) is 0. The summed E-state index contributed by atoms with van der Waals surface area (Å²) in [6, 6.07) is 52.4. The van der Waals surface area contributed by atoms with E-state index in [0.29, 0.717) is 0 Å². The molecule has 0 saturated carbocycles. The van der Waals surface area contributed by atoms with Gasteiger partial charge in [0, 0.05) is 27.5 Å². The second-order valence-corrected chi connectivity index (χ2v) is 11.0. The smallest absolute Gasteiger partial charge is 0.213 e. The lowest BCUT2D eigenvalue weighted by atomic mass is 9.97. The monoisotopic (exact) mass is 563 g/mol. The van der Waals surface area contributed by atoms with Crippen molar-refractivity contribution in [3.05, 3.63) is 152 Å². The van der Waals surface area contributed by atoms with E-state index in [9.17, 15) is 0 Å². The second kappa shape index (κ2) is 9.79. The molecule has 0 amide bonds. The van der Waals surface area contributed by atoms with Crippen LogP contribution in [0.5, 0.6) is 0 Å². The Hall–Kier alpha value is -6.00. The van der Waals surface area contributed by atoms with Crippen molar-refractivity contribution in [3.63, 3.8) is 0 Å². The second-order valence-electron chi connectivity index (χ2n) is 11.0. The zero-order chi connectivity index (χ0) is 29.0. The first-order valence-electron chi connectivity index (χ1n) is 14.8. The summed E-state index contributed by atoms with van der Waals surface area (Å²) in [7, 11) is 0. The molecule has 6 aromatic carbocycles. The van der Waals surface area contributed by atoms with Crippen molar-refractivity contribution in [1.82, 2.24) is 14.4 Å². The maximum Gasteiger partial charge on any atom is 0.213 e. The molecule has 0 atom stereocenters. The van der Waals surface area contributed by atoms with Gasteiger partial charge in [0.2, 0.25) is 5.71 Å². The van der Waals surface area contributed by atoms with E-state index in [0.717, 1.165) is 72.4 Å². The average molecular weight is 564 g/mol. The zero-order valence-corrected chi connectivity index (χ0v) is 23.7. The lowest BCUT2D eigenvalue weighted by Crippen LogP contribution is -1.95. The highest BCUT2D eigenvalue weighted by molar-refractivity contribution is 6.11. The first kappa shape index (κ1) is 24.6. The summed E-state index contributed by atoms with van der Waals surface area (Å²) in [5.74, 6) is 0.722. The summed E-state index contributed by atoms with van der Waals surface area (Å²) in [5, 5.41) is 2.18. The maximum absolute atomic E-state index is 6.59. The van der Waals surface area contributed by atoms with E-state index in [1.165, 1.54) is 11.1 Å². The van der Waals surface area contributed by atoms with Crippen molar-refractivity contribution >= 4 is 38.6 Å². The van der Waals surface area contributed by atoms with Gasteiger partial charge in [-0.3, -0.25) is 4.40 Å². The maximum atomic E-state index is 6.59. The van der Waals surface area contributed by atoms with Gasteiger partial charge in [-0.2, -0.15) is 0 Å². The first-order chi connectivity index (χ1) is 21.8. The fraction of sp³-hybridized carbons (Fsp3) is 0. The van der Waals surface area contributed by atoms with Crippen LogP contribution in [0.4, 0.5) is 0 Å². The van der Waals surface area contributed by atoms with Crippen LogP contribution in [0.1, 0.15) is 0 Å². The average Bonchev–Trinajstić information content (AvgIpc) is 3.63. The summed E-state index contributed by atoms with van der Waals surface area (Å²) >= 11 is 0. The largest absolute Gasteiger partial charge is 0.438 e. The summed E-state index contributed by atoms with van der Waals surface area (Å²) in [6.07, 6.45) is 0. The molecule has 0 radical (unpaired) electrons. The van der Waals surface area contributed by atoms with E-state index in [-0.39, 0.29) is 0 Å². The standard InChI is InChI=1S/C40H25N3O/c1-3-12-26(13-4-1)30-17-11-18-32-36(40-43(38(30)32)34-20-9-10-21-35(34)44-40)27-22-24-28(25-23-27)37-31-16-7-8-19-33(31)41-39(42-37)29-14-5-2-6-15-29/h1-25H. The van der Waals surface area contributed by atoms with Crippen LogP contribution in [0.25, 0.3) is 83.5 Å². The fourth-order valence-electron chi connectivity index (χ4n) is 6.41. The number of oxazole rings is 1. The lowest BCUT2D eigenvalue weighted by Gasteiger charge is -2.10. The van der Waals surface area contributed by atoms with Gasteiger partial charge >= 0.3 is 0 Å². The third-order valence-corrected chi connectivity index (χ3v) is 8.43. The minimum Gasteiger partial charge on any atom is -0.438 e. The normalized spacial score (nSPS) is 11.6. The summed E-state index contributed by atoms with van der Waals surface area (Å²) in [5.41, 5.74) is 12.3. The predicted octanol–water partition coefficient (Wildman–Crippen LogP) is 10.4. The van der Waals surface area contributed by atoms with Gasteiger partial charge in [-0.1, -0.05) is 133 Å². The molecular weight excluding hydrogens is 538 g/mol. The number of aromatic nitrogens is 3. The van der Waals surface area contributed by atoms with Crippen LogP contribution in [0.2, 0.25) is 0 Å². The van der Waals surface area contributed by atoms with Crippen molar-refractivity contribution in [1.29, 1.82) is 0 Å². The molecule has 4 heteroatoms. The molecule has 4 nitrogen and oxygen atoms in total. The van der Waals surface area contributed by atoms with E-state index < -0.39 is 0 Å². The van der Waals surface area contributed by atoms with Gasteiger partial charge in [-0.25, -0.2) is 9.97 Å². The number of rotatable bonds is 4. The number of fused-ring (bicyclic) bond motifs is 6. The molecule has 0 aliphatic carbocycles. The molecule has 0 N–H and O–H groups in total. The Labute approximate surface area is 253 Å². The van der Waals surface area contributed by atoms with E-state index in [1.54, 1.807) is 0 Å². The van der Waals surface area contributed by atoms with Crippen LogP contribution in [0, 0.1) is 0 Å². The molecule has 206 valence electrons. The van der Waals surface area contributed by atoms with Crippen molar-refractivity contribution < 1.29 is 4.42 Å². The van der Waals surface area contributed by atoms with Crippen LogP contribution in [-0.4, -0.2) is 14.4 Å². The number of nitrogens with zero attached hydrogens (tertiary/aromatic N) is 3. The van der Waals surface area contributed by atoms with Crippen molar-refractivity contribution in [3.8, 4) is 44.9 Å². The molecule has 44 heavy (non-hydrogen) atoms. The summed E-state index contributed by atoms with van der Waals surface area (Å²) in [4.78, 5) is 9.96. The Morgan fingerprint density at radius 1 is 0.477 bits per heavy atom. The molecule has 9 aromatic rings. The molecule has 0 unspecified atom stereocenters. The van der Waals surface area contributed by atoms with Crippen molar-refractivity contribution in [2.45, 2.75) is 0 Å². The molecule has 0 aliphatic rings. The Bertz CT molecular complexity index is 2470. The Morgan fingerprint density at radius 2 is 1.14 bits per heavy atom. The van der Waals surface area contributed by atoms with Crippen LogP contribution < -0.4 is 0 Å². The van der Waals surface area contributed by atoms with E-state index >= 15 is 0 Å². The van der Waals surface area contributed by atoms with E-state index in [1.807, 2.05) is 42.5 Å². The predicted molar refractivity (Wildman–Crippen MR) is 180 cm³/mol.